The van der Waals surface area contributed by atoms with Crippen LogP contribution in [0.4, 0.5) is 4.39 Å². The monoisotopic (exact) mass is 456 g/mol. The Morgan fingerprint density at radius 2 is 1.88 bits per heavy atom. The van der Waals surface area contributed by atoms with Crippen LogP contribution in [0.15, 0.2) is 53.8 Å². The van der Waals surface area contributed by atoms with Gasteiger partial charge < -0.3 is 15.2 Å². The summed E-state index contributed by atoms with van der Waals surface area (Å²) in [7, 11) is 0. The number of halogens is 2. The van der Waals surface area contributed by atoms with Crippen LogP contribution in [0, 0.1) is 5.82 Å². The maximum absolute atomic E-state index is 14.1. The zero-order chi connectivity index (χ0) is 16.8. The van der Waals surface area contributed by atoms with Crippen molar-refractivity contribution in [2.75, 3.05) is 19.6 Å². The van der Waals surface area contributed by atoms with Gasteiger partial charge in [-0.25, -0.2) is 4.39 Å². The Hall–Kier alpha value is -1.57. The molecule has 25 heavy (non-hydrogen) atoms. The third kappa shape index (κ3) is 5.20. The minimum atomic E-state index is -0.117. The number of aliphatic imine (C=N–C) groups is 1. The van der Waals surface area contributed by atoms with Crippen LogP contribution in [0.2, 0.25) is 0 Å². The van der Waals surface area contributed by atoms with Gasteiger partial charge in [-0.3, -0.25) is 4.99 Å². The number of guanidine groups is 1. The van der Waals surface area contributed by atoms with Crippen LogP contribution >= 0.6 is 24.0 Å². The molecule has 0 atom stereocenters. The lowest BCUT2D eigenvalue weighted by Crippen LogP contribution is -2.39. The highest BCUT2D eigenvalue weighted by Crippen LogP contribution is 2.49. The van der Waals surface area contributed by atoms with E-state index in [2.05, 4.69) is 15.2 Å². The van der Waals surface area contributed by atoms with Gasteiger partial charge in [-0.1, -0.05) is 18.2 Å². The van der Waals surface area contributed by atoms with Crippen LogP contribution in [0.5, 0.6) is 0 Å². The molecule has 2 aromatic rings. The summed E-state index contributed by atoms with van der Waals surface area (Å²) < 4.78 is 16.2. The van der Waals surface area contributed by atoms with Crippen molar-refractivity contribution in [1.82, 2.24) is 15.2 Å². The molecule has 1 aromatic carbocycles. The number of rotatable bonds is 7. The van der Waals surface area contributed by atoms with Gasteiger partial charge in [0.1, 0.15) is 5.82 Å². The lowest BCUT2D eigenvalue weighted by molar-refractivity contribution is 0.571. The molecular formula is C19H26FIN4. The summed E-state index contributed by atoms with van der Waals surface area (Å²) in [5.41, 5.74) is 0.686. The van der Waals surface area contributed by atoms with Gasteiger partial charge in [0.15, 0.2) is 5.96 Å². The van der Waals surface area contributed by atoms with Crippen LogP contribution < -0.4 is 10.6 Å². The SMILES string of the molecule is CCNC(=NCC1(c2ccccc2F)CC1)NCCn1cccc1.I. The Kier molecular flexibility index (Phi) is 7.28. The second-order valence-corrected chi connectivity index (χ2v) is 6.30. The van der Waals surface area contributed by atoms with E-state index in [4.69, 9.17) is 4.99 Å². The predicted octanol–water partition coefficient (Wildman–Crippen LogP) is 3.53. The fraction of sp³-hybridized carbons (Fsp3) is 0.421. The Bertz CT molecular complexity index is 680. The summed E-state index contributed by atoms with van der Waals surface area (Å²) in [6.45, 7) is 5.16. The van der Waals surface area contributed by atoms with E-state index in [1.807, 2.05) is 43.6 Å². The van der Waals surface area contributed by atoms with Crippen LogP contribution in [0.3, 0.4) is 0 Å². The van der Waals surface area contributed by atoms with E-state index in [-0.39, 0.29) is 35.2 Å². The molecule has 0 aliphatic heterocycles. The summed E-state index contributed by atoms with van der Waals surface area (Å²) in [4.78, 5) is 4.70. The van der Waals surface area contributed by atoms with E-state index < -0.39 is 0 Å². The number of nitrogens with one attached hydrogen (secondary N) is 2. The Morgan fingerprint density at radius 1 is 1.16 bits per heavy atom. The van der Waals surface area contributed by atoms with E-state index in [1.165, 1.54) is 0 Å². The minimum Gasteiger partial charge on any atom is -0.357 e. The van der Waals surface area contributed by atoms with Crippen molar-refractivity contribution < 1.29 is 4.39 Å². The van der Waals surface area contributed by atoms with Gasteiger partial charge in [-0.15, -0.1) is 24.0 Å². The van der Waals surface area contributed by atoms with E-state index in [9.17, 15) is 4.39 Å². The Labute approximate surface area is 165 Å². The molecule has 0 radical (unpaired) electrons. The number of nitrogens with zero attached hydrogens (tertiary/aromatic N) is 2. The highest BCUT2D eigenvalue weighted by Gasteiger charge is 2.45. The summed E-state index contributed by atoms with van der Waals surface area (Å²) in [5.74, 6) is 0.683. The van der Waals surface area contributed by atoms with Gasteiger partial charge in [0.25, 0.3) is 0 Å². The topological polar surface area (TPSA) is 41.4 Å². The van der Waals surface area contributed by atoms with Crippen LogP contribution in [-0.4, -0.2) is 30.2 Å². The maximum atomic E-state index is 14.1. The fourth-order valence-corrected chi connectivity index (χ4v) is 2.95. The molecule has 0 amide bonds. The molecule has 0 spiro atoms. The third-order valence-electron chi connectivity index (χ3n) is 4.51. The van der Waals surface area contributed by atoms with Gasteiger partial charge in [0, 0.05) is 37.4 Å². The minimum absolute atomic E-state index is 0. The summed E-state index contributed by atoms with van der Waals surface area (Å²) in [6, 6.07) is 11.1. The molecule has 0 saturated heterocycles. The molecule has 1 aliphatic rings. The van der Waals surface area contributed by atoms with Crippen molar-refractivity contribution in [2.24, 2.45) is 4.99 Å². The van der Waals surface area contributed by atoms with E-state index in [1.54, 1.807) is 12.1 Å². The largest absolute Gasteiger partial charge is 0.357 e. The van der Waals surface area contributed by atoms with E-state index in [0.29, 0.717) is 6.54 Å². The van der Waals surface area contributed by atoms with Crippen molar-refractivity contribution in [3.63, 3.8) is 0 Å². The zero-order valence-corrected chi connectivity index (χ0v) is 16.9. The second kappa shape index (κ2) is 9.22. The maximum Gasteiger partial charge on any atom is 0.191 e. The van der Waals surface area contributed by atoms with Crippen molar-refractivity contribution in [1.29, 1.82) is 0 Å². The predicted molar refractivity (Wildman–Crippen MR) is 111 cm³/mol. The number of benzene rings is 1. The summed E-state index contributed by atoms with van der Waals surface area (Å²) in [5, 5.41) is 6.61. The number of aromatic nitrogens is 1. The number of hydrogen-bond donors (Lipinski definition) is 2. The first kappa shape index (κ1) is 19.8. The number of hydrogen-bond acceptors (Lipinski definition) is 1. The van der Waals surface area contributed by atoms with Crippen molar-refractivity contribution in [2.45, 2.75) is 31.7 Å². The summed E-state index contributed by atoms with van der Waals surface area (Å²) >= 11 is 0. The first-order chi connectivity index (χ1) is 11.7. The molecule has 136 valence electrons. The van der Waals surface area contributed by atoms with Gasteiger partial charge >= 0.3 is 0 Å². The standard InChI is InChI=1S/C19H25FN4.HI/c1-2-21-18(22-11-14-24-12-5-6-13-24)23-15-19(9-10-19)16-7-3-4-8-17(16)20;/h3-8,12-13H,2,9-11,14-15H2,1H3,(H2,21,22,23);1H. The van der Waals surface area contributed by atoms with Gasteiger partial charge in [0.05, 0.1) is 6.54 Å². The quantitative estimate of drug-likeness (QED) is 0.380. The first-order valence-corrected chi connectivity index (χ1v) is 8.61. The van der Waals surface area contributed by atoms with Gasteiger partial charge in [0.2, 0.25) is 0 Å². The molecule has 1 heterocycles. The molecule has 0 unspecified atom stereocenters. The van der Waals surface area contributed by atoms with Crippen molar-refractivity contribution in [3.05, 3.63) is 60.2 Å². The molecule has 4 nitrogen and oxygen atoms in total. The third-order valence-corrected chi connectivity index (χ3v) is 4.51. The molecular weight excluding hydrogens is 430 g/mol. The Morgan fingerprint density at radius 3 is 2.52 bits per heavy atom. The van der Waals surface area contributed by atoms with Crippen molar-refractivity contribution in [3.8, 4) is 0 Å². The molecule has 6 heteroatoms. The highest BCUT2D eigenvalue weighted by atomic mass is 127. The molecule has 1 aliphatic carbocycles. The molecule has 2 N–H and O–H groups in total. The molecule has 3 rings (SSSR count). The van der Waals surface area contributed by atoms with Crippen LogP contribution in [0.1, 0.15) is 25.3 Å². The fourth-order valence-electron chi connectivity index (χ4n) is 2.95. The zero-order valence-electron chi connectivity index (χ0n) is 14.5. The Balaban J connectivity index is 0.00000225. The molecule has 1 saturated carbocycles. The van der Waals surface area contributed by atoms with Crippen LogP contribution in [-0.2, 0) is 12.0 Å². The van der Waals surface area contributed by atoms with E-state index >= 15 is 0 Å². The smallest absolute Gasteiger partial charge is 0.191 e. The normalized spacial score (nSPS) is 15.4. The van der Waals surface area contributed by atoms with E-state index in [0.717, 1.165) is 44.0 Å². The van der Waals surface area contributed by atoms with Crippen LogP contribution in [0.25, 0.3) is 0 Å². The molecule has 1 fully saturated rings. The highest BCUT2D eigenvalue weighted by molar-refractivity contribution is 14.0. The lowest BCUT2D eigenvalue weighted by atomic mass is 9.95. The lowest BCUT2D eigenvalue weighted by Gasteiger charge is -2.16. The molecule has 0 bridgehead atoms. The van der Waals surface area contributed by atoms with Gasteiger partial charge in [-0.05, 0) is 43.5 Å². The second-order valence-electron chi connectivity index (χ2n) is 6.30. The average Bonchev–Trinajstić information content (AvgIpc) is 3.19. The summed E-state index contributed by atoms with van der Waals surface area (Å²) in [6.07, 6.45) is 6.09. The average molecular weight is 456 g/mol. The van der Waals surface area contributed by atoms with Crippen molar-refractivity contribution >= 4 is 29.9 Å². The first-order valence-electron chi connectivity index (χ1n) is 8.61. The molecule has 1 aromatic heterocycles. The van der Waals surface area contributed by atoms with Gasteiger partial charge in [-0.2, -0.15) is 0 Å².